The molecule has 0 radical (unpaired) electrons. The van der Waals surface area contributed by atoms with E-state index in [9.17, 15) is 4.79 Å². The molecule has 1 aliphatic rings. The zero-order valence-corrected chi connectivity index (χ0v) is 13.4. The zero-order valence-electron chi connectivity index (χ0n) is 11.8. The summed E-state index contributed by atoms with van der Waals surface area (Å²) in [7, 11) is 3.25. The zero-order chi connectivity index (χ0) is 14.2. The maximum atomic E-state index is 12.2. The number of hydrogen-bond donors (Lipinski definition) is 1. The Morgan fingerprint density at radius 3 is 2.58 bits per heavy atom. The summed E-state index contributed by atoms with van der Waals surface area (Å²) < 4.78 is 7.88. The van der Waals surface area contributed by atoms with Crippen LogP contribution in [0.2, 0.25) is 0 Å². The lowest BCUT2D eigenvalue weighted by Crippen LogP contribution is -2.56. The minimum atomic E-state index is -0.669. The molecule has 0 aromatic carbocycles. The van der Waals surface area contributed by atoms with Crippen molar-refractivity contribution < 1.29 is 9.53 Å². The Labute approximate surface area is 121 Å². The van der Waals surface area contributed by atoms with Gasteiger partial charge >= 0.3 is 5.97 Å². The molecule has 1 aliphatic carbocycles. The van der Waals surface area contributed by atoms with Crippen molar-refractivity contribution in [2.24, 2.45) is 5.92 Å². The number of likely N-dealkylation sites (N-methyl/N-ethyl adjacent to an activating group) is 1. The molecule has 0 aliphatic heterocycles. The minimum absolute atomic E-state index is 0.207. The number of nitrogens with zero attached hydrogens (tertiary/aromatic N) is 2. The van der Waals surface area contributed by atoms with Crippen molar-refractivity contribution in [2.45, 2.75) is 38.8 Å². The lowest BCUT2D eigenvalue weighted by molar-refractivity contribution is -0.150. The van der Waals surface area contributed by atoms with Gasteiger partial charge in [0.2, 0.25) is 0 Å². The van der Waals surface area contributed by atoms with Crippen LogP contribution in [-0.4, -0.2) is 35.4 Å². The monoisotopic (exact) mass is 329 g/mol. The largest absolute Gasteiger partial charge is 0.468 e. The van der Waals surface area contributed by atoms with Gasteiger partial charge in [0.1, 0.15) is 5.54 Å². The maximum absolute atomic E-state index is 12.2. The smallest absolute Gasteiger partial charge is 0.328 e. The second-order valence-corrected chi connectivity index (χ2v) is 5.92. The molecule has 1 N–H and O–H groups in total. The van der Waals surface area contributed by atoms with Gasteiger partial charge in [-0.25, -0.2) is 4.79 Å². The summed E-state index contributed by atoms with van der Waals surface area (Å²) in [5.74, 6) is 0.119. The molecule has 1 aromatic heterocycles. The number of ether oxygens (including phenoxy) is 1. The van der Waals surface area contributed by atoms with Gasteiger partial charge in [-0.3, -0.25) is 4.68 Å². The topological polar surface area (TPSA) is 56.2 Å². The van der Waals surface area contributed by atoms with Gasteiger partial charge in [0.15, 0.2) is 0 Å². The Hall–Kier alpha value is -0.880. The molecule has 1 aromatic rings. The number of halogens is 1. The number of aromatic nitrogens is 2. The second-order valence-electron chi connectivity index (χ2n) is 5.13. The Bertz CT molecular complexity index is 496. The Kier molecular flexibility index (Phi) is 4.01. The average Bonchev–Trinajstić information content (AvgIpc) is 3.22. The molecule has 1 unspecified atom stereocenters. The van der Waals surface area contributed by atoms with Crippen LogP contribution in [0.3, 0.4) is 0 Å². The molecule has 5 nitrogen and oxygen atoms in total. The average molecular weight is 330 g/mol. The summed E-state index contributed by atoms with van der Waals surface area (Å²) in [5.41, 5.74) is 1.29. The van der Waals surface area contributed by atoms with Gasteiger partial charge in [-0.05, 0) is 55.6 Å². The number of nitrogens with one attached hydrogen (secondary N) is 1. The predicted octanol–water partition coefficient (Wildman–Crippen LogP) is 1.80. The van der Waals surface area contributed by atoms with E-state index in [1.165, 1.54) is 7.11 Å². The van der Waals surface area contributed by atoms with Crippen LogP contribution in [0.1, 0.15) is 24.2 Å². The molecule has 1 atom stereocenters. The van der Waals surface area contributed by atoms with E-state index in [1.807, 2.05) is 25.6 Å². The van der Waals surface area contributed by atoms with Gasteiger partial charge in [-0.2, -0.15) is 5.10 Å². The van der Waals surface area contributed by atoms with Crippen LogP contribution in [0.5, 0.6) is 0 Å². The Morgan fingerprint density at radius 2 is 2.21 bits per heavy atom. The summed E-state index contributed by atoms with van der Waals surface area (Å²) in [6, 6.07) is 0. The summed E-state index contributed by atoms with van der Waals surface area (Å²) >= 11 is 3.52. The van der Waals surface area contributed by atoms with Gasteiger partial charge in [0.05, 0.1) is 23.8 Å². The van der Waals surface area contributed by atoms with Crippen LogP contribution in [0.25, 0.3) is 0 Å². The summed E-state index contributed by atoms with van der Waals surface area (Å²) in [6.45, 7) is 4.44. The highest BCUT2D eigenvalue weighted by molar-refractivity contribution is 9.10. The van der Waals surface area contributed by atoms with Crippen molar-refractivity contribution in [2.75, 3.05) is 14.2 Å². The molecule has 1 heterocycles. The highest BCUT2D eigenvalue weighted by atomic mass is 79.9. The van der Waals surface area contributed by atoms with Crippen LogP contribution < -0.4 is 5.32 Å². The third kappa shape index (κ3) is 2.43. The minimum Gasteiger partial charge on any atom is -0.468 e. The number of methoxy groups -OCH3 is 1. The number of carbonyl (C=O) groups is 1. The molecule has 0 bridgehead atoms. The van der Waals surface area contributed by atoms with Crippen LogP contribution in [0, 0.1) is 19.8 Å². The van der Waals surface area contributed by atoms with Crippen molar-refractivity contribution in [1.29, 1.82) is 0 Å². The number of rotatable bonds is 5. The van der Waals surface area contributed by atoms with Gasteiger partial charge < -0.3 is 10.1 Å². The van der Waals surface area contributed by atoms with Gasteiger partial charge in [-0.15, -0.1) is 0 Å². The van der Waals surface area contributed by atoms with E-state index < -0.39 is 5.54 Å². The molecule has 0 amide bonds. The summed E-state index contributed by atoms with van der Waals surface area (Å²) in [6.07, 6.45) is 2.10. The normalized spacial score (nSPS) is 18.2. The third-order valence-corrected chi connectivity index (χ3v) is 5.11. The number of aryl methyl sites for hydroxylation is 1. The molecule has 0 saturated heterocycles. The molecular formula is C13H20BrN3O2. The Balaban J connectivity index is 2.35. The fourth-order valence-corrected chi connectivity index (χ4v) is 2.85. The Morgan fingerprint density at radius 1 is 1.58 bits per heavy atom. The molecular weight excluding hydrogens is 310 g/mol. The SMILES string of the molecule is CNC(Cn1nc(C)c(Br)c1C)(C(=O)OC)C1CC1. The fraction of sp³-hybridized carbons (Fsp3) is 0.692. The first-order valence-electron chi connectivity index (χ1n) is 6.43. The van der Waals surface area contributed by atoms with E-state index in [2.05, 4.69) is 26.3 Å². The first kappa shape index (κ1) is 14.5. The van der Waals surface area contributed by atoms with E-state index in [1.54, 1.807) is 0 Å². The summed E-state index contributed by atoms with van der Waals surface area (Å²) in [5, 5.41) is 7.67. The highest BCUT2D eigenvalue weighted by Gasteiger charge is 2.51. The first-order chi connectivity index (χ1) is 8.96. The molecule has 106 valence electrons. The van der Waals surface area contributed by atoms with E-state index >= 15 is 0 Å². The standard InChI is InChI=1S/C13H20BrN3O2/c1-8-11(14)9(2)17(16-8)7-13(15-3,10-5-6-10)12(18)19-4/h10,15H,5-7H2,1-4H3. The van der Waals surface area contributed by atoms with E-state index in [4.69, 9.17) is 4.74 Å². The van der Waals surface area contributed by atoms with Crippen molar-refractivity contribution in [3.63, 3.8) is 0 Å². The van der Waals surface area contributed by atoms with Crippen LogP contribution in [0.4, 0.5) is 0 Å². The van der Waals surface area contributed by atoms with Crippen molar-refractivity contribution in [3.05, 3.63) is 15.9 Å². The van der Waals surface area contributed by atoms with Crippen LogP contribution in [-0.2, 0) is 16.1 Å². The van der Waals surface area contributed by atoms with Crippen molar-refractivity contribution in [1.82, 2.24) is 15.1 Å². The fourth-order valence-electron chi connectivity index (χ4n) is 2.57. The van der Waals surface area contributed by atoms with Gasteiger partial charge in [0, 0.05) is 5.69 Å². The van der Waals surface area contributed by atoms with E-state index in [-0.39, 0.29) is 5.97 Å². The second kappa shape index (κ2) is 5.25. The maximum Gasteiger partial charge on any atom is 0.328 e. The molecule has 6 heteroatoms. The molecule has 1 saturated carbocycles. The third-order valence-electron chi connectivity index (χ3n) is 3.96. The molecule has 0 spiro atoms. The molecule has 1 fully saturated rings. The van der Waals surface area contributed by atoms with Gasteiger partial charge in [0.25, 0.3) is 0 Å². The number of hydrogen-bond acceptors (Lipinski definition) is 4. The predicted molar refractivity (Wildman–Crippen MR) is 75.9 cm³/mol. The van der Waals surface area contributed by atoms with Gasteiger partial charge in [-0.1, -0.05) is 0 Å². The molecule has 19 heavy (non-hydrogen) atoms. The van der Waals surface area contributed by atoms with Crippen molar-refractivity contribution in [3.8, 4) is 0 Å². The van der Waals surface area contributed by atoms with E-state index in [0.717, 1.165) is 28.7 Å². The number of carbonyl (C=O) groups excluding carboxylic acids is 1. The lowest BCUT2D eigenvalue weighted by atomic mass is 9.93. The highest BCUT2D eigenvalue weighted by Crippen LogP contribution is 2.41. The first-order valence-corrected chi connectivity index (χ1v) is 7.22. The lowest BCUT2D eigenvalue weighted by Gasteiger charge is -2.31. The van der Waals surface area contributed by atoms with Crippen LogP contribution in [0.15, 0.2) is 4.47 Å². The summed E-state index contributed by atoms with van der Waals surface area (Å²) in [4.78, 5) is 12.2. The van der Waals surface area contributed by atoms with Crippen molar-refractivity contribution >= 4 is 21.9 Å². The van der Waals surface area contributed by atoms with E-state index in [0.29, 0.717) is 12.5 Å². The quantitative estimate of drug-likeness (QED) is 0.837. The number of esters is 1. The molecule has 2 rings (SSSR count). The van der Waals surface area contributed by atoms with Crippen LogP contribution >= 0.6 is 15.9 Å².